The third-order valence-electron chi connectivity index (χ3n) is 3.58. The van der Waals surface area contributed by atoms with Gasteiger partial charge >= 0.3 is 5.97 Å². The van der Waals surface area contributed by atoms with Crippen LogP contribution in [0.3, 0.4) is 0 Å². The van der Waals surface area contributed by atoms with Crippen LogP contribution in [0.5, 0.6) is 0 Å². The number of aryl methyl sites for hydroxylation is 1. The molecule has 5 heteroatoms. The summed E-state index contributed by atoms with van der Waals surface area (Å²) in [5, 5.41) is 13.5. The standard InChI is InChI=1S/C15H16N2O3/c1-9-6-13(10-4-2-3-5-12(10)16-9)17-14-8-20-7-11(14)15(18)19/h2-6,11,14H,7-8H2,1H3,(H,16,17)(H,18,19). The van der Waals surface area contributed by atoms with Crippen LogP contribution in [0.1, 0.15) is 5.69 Å². The number of aromatic nitrogens is 1. The van der Waals surface area contributed by atoms with E-state index in [4.69, 9.17) is 4.74 Å². The van der Waals surface area contributed by atoms with Crippen LogP contribution < -0.4 is 5.32 Å². The SMILES string of the molecule is Cc1cc(NC2COCC2C(=O)O)c2ccccc2n1. The largest absolute Gasteiger partial charge is 0.481 e. The Kier molecular flexibility index (Phi) is 3.28. The van der Waals surface area contributed by atoms with Gasteiger partial charge in [-0.1, -0.05) is 18.2 Å². The molecule has 0 radical (unpaired) electrons. The predicted octanol–water partition coefficient (Wildman–Crippen LogP) is 2.05. The number of carbonyl (C=O) groups is 1. The second-order valence-electron chi connectivity index (χ2n) is 5.06. The van der Waals surface area contributed by atoms with E-state index in [9.17, 15) is 9.90 Å². The molecule has 1 fully saturated rings. The number of hydrogen-bond donors (Lipinski definition) is 2. The molecule has 5 nitrogen and oxygen atoms in total. The average Bonchev–Trinajstić information content (AvgIpc) is 2.87. The molecular weight excluding hydrogens is 256 g/mol. The molecule has 2 aromatic rings. The smallest absolute Gasteiger partial charge is 0.311 e. The first-order valence-corrected chi connectivity index (χ1v) is 6.58. The minimum Gasteiger partial charge on any atom is -0.481 e. The van der Waals surface area contributed by atoms with Gasteiger partial charge in [0, 0.05) is 16.8 Å². The summed E-state index contributed by atoms with van der Waals surface area (Å²) >= 11 is 0. The van der Waals surface area contributed by atoms with Crippen LogP contribution in [0.15, 0.2) is 30.3 Å². The Balaban J connectivity index is 1.96. The van der Waals surface area contributed by atoms with Crippen LogP contribution in [0, 0.1) is 12.8 Å². The van der Waals surface area contributed by atoms with Gasteiger partial charge in [-0.15, -0.1) is 0 Å². The van der Waals surface area contributed by atoms with Crippen molar-refractivity contribution in [2.45, 2.75) is 13.0 Å². The van der Waals surface area contributed by atoms with Crippen LogP contribution in [-0.2, 0) is 9.53 Å². The van der Waals surface area contributed by atoms with Crippen LogP contribution in [0.2, 0.25) is 0 Å². The van der Waals surface area contributed by atoms with Gasteiger partial charge in [-0.2, -0.15) is 0 Å². The van der Waals surface area contributed by atoms with E-state index in [0.717, 1.165) is 22.3 Å². The van der Waals surface area contributed by atoms with Gasteiger partial charge in [0.2, 0.25) is 0 Å². The molecule has 3 rings (SSSR count). The zero-order chi connectivity index (χ0) is 14.1. The molecule has 0 saturated carbocycles. The molecule has 1 aliphatic heterocycles. The Morgan fingerprint density at radius 3 is 3.00 bits per heavy atom. The number of ether oxygens (including phenoxy) is 1. The van der Waals surface area contributed by atoms with Crippen molar-refractivity contribution in [1.82, 2.24) is 4.98 Å². The number of rotatable bonds is 3. The topological polar surface area (TPSA) is 71.5 Å². The van der Waals surface area contributed by atoms with E-state index in [2.05, 4.69) is 10.3 Å². The quantitative estimate of drug-likeness (QED) is 0.894. The van der Waals surface area contributed by atoms with E-state index in [1.165, 1.54) is 0 Å². The Hall–Kier alpha value is -2.14. The molecule has 2 N–H and O–H groups in total. The fourth-order valence-electron chi connectivity index (χ4n) is 2.57. The number of nitrogens with one attached hydrogen (secondary N) is 1. The first kappa shape index (κ1) is 12.9. The molecule has 0 spiro atoms. The van der Waals surface area contributed by atoms with Crippen LogP contribution in [0.4, 0.5) is 5.69 Å². The Bertz CT molecular complexity index is 657. The number of fused-ring (bicyclic) bond motifs is 1. The molecule has 1 aliphatic rings. The molecule has 2 atom stereocenters. The normalized spacial score (nSPS) is 22.1. The summed E-state index contributed by atoms with van der Waals surface area (Å²) in [6.07, 6.45) is 0. The average molecular weight is 272 g/mol. The molecule has 20 heavy (non-hydrogen) atoms. The van der Waals surface area contributed by atoms with Crippen molar-refractivity contribution >= 4 is 22.6 Å². The van der Waals surface area contributed by atoms with Gasteiger partial charge < -0.3 is 15.2 Å². The first-order valence-electron chi connectivity index (χ1n) is 6.58. The van der Waals surface area contributed by atoms with E-state index in [1.807, 2.05) is 37.3 Å². The number of para-hydroxylation sites is 1. The Morgan fingerprint density at radius 2 is 2.20 bits per heavy atom. The van der Waals surface area contributed by atoms with Crippen molar-refractivity contribution in [3.05, 3.63) is 36.0 Å². The van der Waals surface area contributed by atoms with Gasteiger partial charge in [0.1, 0.15) is 5.92 Å². The number of hydrogen-bond acceptors (Lipinski definition) is 4. The number of aliphatic carboxylic acids is 1. The van der Waals surface area contributed by atoms with Crippen molar-refractivity contribution in [2.75, 3.05) is 18.5 Å². The molecule has 1 saturated heterocycles. The lowest BCUT2D eigenvalue weighted by atomic mass is 10.0. The number of anilines is 1. The predicted molar refractivity (Wildman–Crippen MR) is 75.8 cm³/mol. The lowest BCUT2D eigenvalue weighted by Crippen LogP contribution is -2.33. The van der Waals surface area contributed by atoms with E-state index < -0.39 is 11.9 Å². The van der Waals surface area contributed by atoms with E-state index in [0.29, 0.717) is 6.61 Å². The van der Waals surface area contributed by atoms with Crippen LogP contribution >= 0.6 is 0 Å². The molecule has 2 heterocycles. The number of carboxylic acids is 1. The second-order valence-corrected chi connectivity index (χ2v) is 5.06. The van der Waals surface area contributed by atoms with Crippen molar-refractivity contribution in [2.24, 2.45) is 5.92 Å². The minimum absolute atomic E-state index is 0.210. The van der Waals surface area contributed by atoms with Crippen molar-refractivity contribution in [1.29, 1.82) is 0 Å². The first-order chi connectivity index (χ1) is 9.65. The molecule has 0 aliphatic carbocycles. The zero-order valence-corrected chi connectivity index (χ0v) is 11.2. The summed E-state index contributed by atoms with van der Waals surface area (Å²) in [5.74, 6) is -1.34. The zero-order valence-electron chi connectivity index (χ0n) is 11.2. The summed E-state index contributed by atoms with van der Waals surface area (Å²) in [4.78, 5) is 15.7. The lowest BCUT2D eigenvalue weighted by Gasteiger charge is -2.18. The summed E-state index contributed by atoms with van der Waals surface area (Å²) in [6.45, 7) is 2.60. The van der Waals surface area contributed by atoms with Gasteiger partial charge in [0.05, 0.1) is 24.8 Å². The Labute approximate surface area is 116 Å². The summed E-state index contributed by atoms with van der Waals surface area (Å²) < 4.78 is 5.29. The molecule has 0 bridgehead atoms. The second kappa shape index (κ2) is 5.09. The Morgan fingerprint density at radius 1 is 1.40 bits per heavy atom. The monoisotopic (exact) mass is 272 g/mol. The lowest BCUT2D eigenvalue weighted by molar-refractivity contribution is -0.141. The van der Waals surface area contributed by atoms with Gasteiger partial charge in [-0.3, -0.25) is 9.78 Å². The van der Waals surface area contributed by atoms with Crippen LogP contribution in [-0.4, -0.2) is 35.3 Å². The summed E-state index contributed by atoms with van der Waals surface area (Å²) in [6, 6.07) is 9.56. The highest BCUT2D eigenvalue weighted by atomic mass is 16.5. The van der Waals surface area contributed by atoms with Crippen molar-refractivity contribution in [3.8, 4) is 0 Å². The molecule has 1 aromatic heterocycles. The molecule has 1 aromatic carbocycles. The van der Waals surface area contributed by atoms with E-state index >= 15 is 0 Å². The van der Waals surface area contributed by atoms with Gasteiger partial charge in [-0.25, -0.2) is 0 Å². The fourth-order valence-corrected chi connectivity index (χ4v) is 2.57. The molecule has 104 valence electrons. The van der Waals surface area contributed by atoms with Crippen molar-refractivity contribution < 1.29 is 14.6 Å². The fraction of sp³-hybridized carbons (Fsp3) is 0.333. The van der Waals surface area contributed by atoms with Gasteiger partial charge in [-0.05, 0) is 19.1 Å². The highest BCUT2D eigenvalue weighted by Gasteiger charge is 2.34. The molecule has 2 unspecified atom stereocenters. The maximum absolute atomic E-state index is 11.2. The summed E-state index contributed by atoms with van der Waals surface area (Å²) in [5.41, 5.74) is 2.72. The third kappa shape index (κ3) is 2.32. The van der Waals surface area contributed by atoms with Gasteiger partial charge in [0.15, 0.2) is 0 Å². The highest BCUT2D eigenvalue weighted by Crippen LogP contribution is 2.26. The number of benzene rings is 1. The molecular formula is C15H16N2O3. The van der Waals surface area contributed by atoms with Gasteiger partial charge in [0.25, 0.3) is 0 Å². The van der Waals surface area contributed by atoms with E-state index in [1.54, 1.807) is 0 Å². The molecule has 0 amide bonds. The maximum Gasteiger partial charge on any atom is 0.311 e. The van der Waals surface area contributed by atoms with E-state index in [-0.39, 0.29) is 12.6 Å². The minimum atomic E-state index is -0.824. The third-order valence-corrected chi connectivity index (χ3v) is 3.58. The van der Waals surface area contributed by atoms with Crippen molar-refractivity contribution in [3.63, 3.8) is 0 Å². The highest BCUT2D eigenvalue weighted by molar-refractivity contribution is 5.91. The van der Waals surface area contributed by atoms with Crippen LogP contribution in [0.25, 0.3) is 10.9 Å². The number of nitrogens with zero attached hydrogens (tertiary/aromatic N) is 1. The maximum atomic E-state index is 11.2. The summed E-state index contributed by atoms with van der Waals surface area (Å²) in [7, 11) is 0. The number of pyridine rings is 1. The number of carboxylic acid groups (broad SMARTS) is 1.